The van der Waals surface area contributed by atoms with Gasteiger partial charge in [0.15, 0.2) is 0 Å². The van der Waals surface area contributed by atoms with Gasteiger partial charge in [-0.25, -0.2) is 0 Å². The minimum absolute atomic E-state index is 0.164. The second-order valence-electron chi connectivity index (χ2n) is 7.04. The fraction of sp³-hybridized carbons (Fsp3) is 0.471. The van der Waals surface area contributed by atoms with Crippen molar-refractivity contribution in [3.05, 3.63) is 24.2 Å². The van der Waals surface area contributed by atoms with E-state index in [4.69, 9.17) is 4.74 Å². The fourth-order valence-corrected chi connectivity index (χ4v) is 2.54. The molecule has 3 aromatic rings. The lowest BCUT2D eigenvalue weighted by Crippen LogP contribution is -2.15. The molecule has 0 aliphatic rings. The highest BCUT2D eigenvalue weighted by atomic mass is 16.5. The Kier molecular flexibility index (Phi) is 4.17. The summed E-state index contributed by atoms with van der Waals surface area (Å²) >= 11 is 0. The molecule has 3 aromatic heterocycles. The molecular formula is C17H24N6O. The van der Waals surface area contributed by atoms with Gasteiger partial charge in [-0.2, -0.15) is 15.1 Å². The molecule has 7 heteroatoms. The molecular weight excluding hydrogens is 304 g/mol. The van der Waals surface area contributed by atoms with Gasteiger partial charge < -0.3 is 15.0 Å². The Morgan fingerprint density at radius 2 is 2.08 bits per heavy atom. The summed E-state index contributed by atoms with van der Waals surface area (Å²) in [5.74, 6) is 1.07. The average molecular weight is 328 g/mol. The van der Waals surface area contributed by atoms with Gasteiger partial charge in [-0.05, 0) is 25.3 Å². The molecule has 0 saturated heterocycles. The number of ether oxygens (including phenoxy) is 1. The van der Waals surface area contributed by atoms with E-state index in [2.05, 4.69) is 46.1 Å². The lowest BCUT2D eigenvalue weighted by molar-refractivity contribution is 0.325. The van der Waals surface area contributed by atoms with Crippen molar-refractivity contribution >= 4 is 22.7 Å². The zero-order valence-corrected chi connectivity index (χ0v) is 14.8. The summed E-state index contributed by atoms with van der Waals surface area (Å²) in [6, 6.07) is 1.91. The van der Waals surface area contributed by atoms with Crippen LogP contribution in [0.3, 0.4) is 0 Å². The Hall–Kier alpha value is -2.57. The molecule has 3 heterocycles. The van der Waals surface area contributed by atoms with Crippen LogP contribution in [0.2, 0.25) is 0 Å². The topological polar surface area (TPSA) is 80.7 Å². The van der Waals surface area contributed by atoms with Crippen molar-refractivity contribution in [1.82, 2.24) is 24.7 Å². The Morgan fingerprint density at radius 3 is 2.79 bits per heavy atom. The first-order valence-electron chi connectivity index (χ1n) is 8.15. The Balaban J connectivity index is 1.89. The molecule has 0 fully saturated rings. The number of fused-ring (bicyclic) bond motifs is 1. The second kappa shape index (κ2) is 6.14. The van der Waals surface area contributed by atoms with Gasteiger partial charge in [0.1, 0.15) is 5.65 Å². The highest BCUT2D eigenvalue weighted by Gasteiger charge is 2.15. The van der Waals surface area contributed by atoms with Crippen molar-refractivity contribution in [2.45, 2.75) is 41.2 Å². The summed E-state index contributed by atoms with van der Waals surface area (Å²) in [4.78, 5) is 12.1. The molecule has 0 spiro atoms. The summed E-state index contributed by atoms with van der Waals surface area (Å²) in [7, 11) is 0. The third-order valence-corrected chi connectivity index (χ3v) is 3.49. The van der Waals surface area contributed by atoms with Crippen LogP contribution in [0.25, 0.3) is 11.0 Å². The van der Waals surface area contributed by atoms with Gasteiger partial charge in [0.05, 0.1) is 23.4 Å². The maximum atomic E-state index is 5.63. The molecule has 0 unspecified atom stereocenters. The minimum atomic E-state index is 0.164. The summed E-state index contributed by atoms with van der Waals surface area (Å²) in [5, 5.41) is 8.69. The van der Waals surface area contributed by atoms with Crippen LogP contribution in [0, 0.1) is 12.3 Å². The highest BCUT2D eigenvalue weighted by molar-refractivity contribution is 5.82. The van der Waals surface area contributed by atoms with Crippen LogP contribution in [0.1, 0.15) is 33.4 Å². The Labute approximate surface area is 141 Å². The number of aromatic nitrogens is 5. The molecule has 0 aromatic carbocycles. The summed E-state index contributed by atoms with van der Waals surface area (Å²) < 4.78 is 7.58. The smallest absolute Gasteiger partial charge is 0.232 e. The lowest BCUT2D eigenvalue weighted by Gasteiger charge is -2.17. The lowest BCUT2D eigenvalue weighted by atomic mass is 9.97. The van der Waals surface area contributed by atoms with Gasteiger partial charge in [-0.1, -0.05) is 20.8 Å². The van der Waals surface area contributed by atoms with Crippen LogP contribution in [0.5, 0.6) is 5.88 Å². The minimum Gasteiger partial charge on any atom is -0.477 e. The van der Waals surface area contributed by atoms with E-state index in [1.165, 1.54) is 0 Å². The van der Waals surface area contributed by atoms with Crippen LogP contribution in [-0.2, 0) is 6.54 Å². The van der Waals surface area contributed by atoms with Crippen molar-refractivity contribution in [3.8, 4) is 5.88 Å². The van der Waals surface area contributed by atoms with E-state index in [0.717, 1.165) is 29.0 Å². The molecule has 0 radical (unpaired) electrons. The zero-order valence-electron chi connectivity index (χ0n) is 14.8. The summed E-state index contributed by atoms with van der Waals surface area (Å²) in [6.07, 6.45) is 3.82. The molecule has 0 saturated carbocycles. The second-order valence-corrected chi connectivity index (χ2v) is 7.04. The van der Waals surface area contributed by atoms with E-state index in [-0.39, 0.29) is 5.41 Å². The molecule has 0 amide bonds. The number of anilines is 2. The normalized spacial score (nSPS) is 11.9. The molecule has 0 aliphatic carbocycles. The van der Waals surface area contributed by atoms with Crippen LogP contribution < -0.4 is 10.1 Å². The van der Waals surface area contributed by atoms with E-state index in [9.17, 15) is 0 Å². The number of aromatic amines is 1. The quantitative estimate of drug-likeness (QED) is 0.747. The third kappa shape index (κ3) is 3.50. The molecule has 128 valence electrons. The van der Waals surface area contributed by atoms with Crippen LogP contribution >= 0.6 is 0 Å². The first-order valence-corrected chi connectivity index (χ1v) is 8.15. The zero-order chi connectivity index (χ0) is 17.3. The van der Waals surface area contributed by atoms with E-state index in [0.29, 0.717) is 18.4 Å². The monoisotopic (exact) mass is 328 g/mol. The Bertz CT molecular complexity index is 842. The highest BCUT2D eigenvalue weighted by Crippen LogP contribution is 2.26. The standard InChI is InChI=1S/C17H24N6O/c1-6-24-15-12-7-8-18-14(12)20-16(21-15)19-13-9-23(22-11(13)2)10-17(3,4)5/h7-9H,6,10H2,1-5H3,(H2,18,19,20,21). The number of H-pyrrole nitrogens is 1. The van der Waals surface area contributed by atoms with Gasteiger partial charge in [-0.3, -0.25) is 4.68 Å². The molecule has 3 rings (SSSR count). The summed E-state index contributed by atoms with van der Waals surface area (Å²) in [6.45, 7) is 11.9. The first kappa shape index (κ1) is 16.3. The van der Waals surface area contributed by atoms with E-state index in [1.807, 2.05) is 37.0 Å². The Morgan fingerprint density at radius 1 is 1.29 bits per heavy atom. The molecule has 0 aliphatic heterocycles. The van der Waals surface area contributed by atoms with Crippen LogP contribution in [-0.4, -0.2) is 31.3 Å². The van der Waals surface area contributed by atoms with Gasteiger partial charge >= 0.3 is 0 Å². The predicted molar refractivity (Wildman–Crippen MR) is 94.8 cm³/mol. The number of aryl methyl sites for hydroxylation is 1. The number of nitrogens with zero attached hydrogens (tertiary/aromatic N) is 4. The van der Waals surface area contributed by atoms with E-state index in [1.54, 1.807) is 0 Å². The van der Waals surface area contributed by atoms with Crippen molar-refractivity contribution in [1.29, 1.82) is 0 Å². The molecule has 0 bridgehead atoms. The molecule has 2 N–H and O–H groups in total. The van der Waals surface area contributed by atoms with Gasteiger partial charge in [0.2, 0.25) is 11.8 Å². The third-order valence-electron chi connectivity index (χ3n) is 3.49. The SMILES string of the molecule is CCOc1nc(Nc2cn(CC(C)(C)C)nc2C)nc2[nH]ccc12. The maximum Gasteiger partial charge on any atom is 0.232 e. The van der Waals surface area contributed by atoms with Crippen molar-refractivity contribution < 1.29 is 4.74 Å². The van der Waals surface area contributed by atoms with E-state index < -0.39 is 0 Å². The maximum absolute atomic E-state index is 5.63. The summed E-state index contributed by atoms with van der Waals surface area (Å²) in [5.41, 5.74) is 2.72. The largest absolute Gasteiger partial charge is 0.477 e. The average Bonchev–Trinajstić information content (AvgIpc) is 3.05. The fourth-order valence-electron chi connectivity index (χ4n) is 2.54. The van der Waals surface area contributed by atoms with Crippen LogP contribution in [0.15, 0.2) is 18.5 Å². The van der Waals surface area contributed by atoms with Gasteiger partial charge in [-0.15, -0.1) is 0 Å². The number of nitrogens with one attached hydrogen (secondary N) is 2. The first-order chi connectivity index (χ1) is 11.4. The van der Waals surface area contributed by atoms with Crippen LogP contribution in [0.4, 0.5) is 11.6 Å². The number of rotatable bonds is 5. The van der Waals surface area contributed by atoms with E-state index >= 15 is 0 Å². The molecule has 24 heavy (non-hydrogen) atoms. The van der Waals surface area contributed by atoms with Gasteiger partial charge in [0, 0.05) is 18.9 Å². The van der Waals surface area contributed by atoms with Gasteiger partial charge in [0.25, 0.3) is 0 Å². The number of hydrogen-bond acceptors (Lipinski definition) is 5. The molecule has 0 atom stereocenters. The van der Waals surface area contributed by atoms with Crippen molar-refractivity contribution in [2.24, 2.45) is 5.41 Å². The molecule has 7 nitrogen and oxygen atoms in total. The number of hydrogen-bond donors (Lipinski definition) is 2. The van der Waals surface area contributed by atoms with Crippen molar-refractivity contribution in [3.63, 3.8) is 0 Å². The van der Waals surface area contributed by atoms with Crippen molar-refractivity contribution in [2.75, 3.05) is 11.9 Å². The predicted octanol–water partition coefficient (Wildman–Crippen LogP) is 3.65.